The Morgan fingerprint density at radius 1 is 1.25 bits per heavy atom. The summed E-state index contributed by atoms with van der Waals surface area (Å²) >= 11 is 0. The van der Waals surface area contributed by atoms with Crippen molar-refractivity contribution in [2.75, 3.05) is 19.7 Å². The van der Waals surface area contributed by atoms with Gasteiger partial charge in [-0.25, -0.2) is 0 Å². The maximum Gasteiger partial charge on any atom is 0.0558 e. The molecule has 0 aliphatic heterocycles. The second kappa shape index (κ2) is 7.25. The molecule has 0 spiro atoms. The quantitative estimate of drug-likeness (QED) is 0.725. The molecule has 96 valence electrons. The lowest BCUT2D eigenvalue weighted by molar-refractivity contribution is 0.0881. The van der Waals surface area contributed by atoms with Gasteiger partial charge in [-0.3, -0.25) is 4.90 Å². The summed E-state index contributed by atoms with van der Waals surface area (Å²) in [6, 6.07) is 1.96. The molecule has 0 atom stereocenters. The minimum atomic E-state index is 0.283. The maximum atomic E-state index is 9.10. The number of nitrogens with zero attached hydrogens (tertiary/aromatic N) is 1. The number of hydrogen-bond acceptors (Lipinski definition) is 3. The van der Waals surface area contributed by atoms with E-state index in [0.717, 1.165) is 19.1 Å². The first-order valence-corrected chi connectivity index (χ1v) is 6.79. The van der Waals surface area contributed by atoms with Crippen LogP contribution in [0.4, 0.5) is 0 Å². The van der Waals surface area contributed by atoms with Gasteiger partial charge in [-0.1, -0.05) is 6.92 Å². The fourth-order valence-electron chi connectivity index (χ4n) is 2.88. The van der Waals surface area contributed by atoms with E-state index in [1.807, 2.05) is 0 Å². The molecule has 1 aliphatic rings. The van der Waals surface area contributed by atoms with E-state index in [-0.39, 0.29) is 6.61 Å². The number of rotatable bonds is 6. The first-order chi connectivity index (χ1) is 7.69. The Morgan fingerprint density at radius 3 is 2.31 bits per heavy atom. The molecule has 2 N–H and O–H groups in total. The van der Waals surface area contributed by atoms with Gasteiger partial charge < -0.3 is 10.4 Å². The topological polar surface area (TPSA) is 35.5 Å². The van der Waals surface area contributed by atoms with Crippen molar-refractivity contribution < 1.29 is 5.11 Å². The molecular weight excluding hydrogens is 200 g/mol. The first-order valence-electron chi connectivity index (χ1n) is 6.79. The maximum absolute atomic E-state index is 9.10. The molecule has 0 unspecified atom stereocenters. The van der Waals surface area contributed by atoms with Crippen molar-refractivity contribution in [1.29, 1.82) is 0 Å². The third-order valence-corrected chi connectivity index (χ3v) is 3.68. The summed E-state index contributed by atoms with van der Waals surface area (Å²) in [5.74, 6) is 0. The molecule has 1 rings (SSSR count). The van der Waals surface area contributed by atoms with Gasteiger partial charge >= 0.3 is 0 Å². The van der Waals surface area contributed by atoms with Gasteiger partial charge in [-0.05, 0) is 46.1 Å². The number of aliphatic hydroxyl groups is 1. The zero-order valence-corrected chi connectivity index (χ0v) is 11.1. The highest BCUT2D eigenvalue weighted by Gasteiger charge is 2.26. The van der Waals surface area contributed by atoms with Gasteiger partial charge in [0.15, 0.2) is 0 Å². The van der Waals surface area contributed by atoms with Gasteiger partial charge in [0.05, 0.1) is 6.61 Å². The second-order valence-electron chi connectivity index (χ2n) is 5.12. The van der Waals surface area contributed by atoms with Crippen LogP contribution in [-0.4, -0.2) is 47.8 Å². The molecule has 0 aromatic carbocycles. The molecule has 3 heteroatoms. The van der Waals surface area contributed by atoms with Crippen molar-refractivity contribution in [1.82, 2.24) is 10.2 Å². The van der Waals surface area contributed by atoms with Crippen molar-refractivity contribution in [2.45, 2.75) is 64.6 Å². The number of hydrogen-bond donors (Lipinski definition) is 2. The molecule has 0 aromatic rings. The van der Waals surface area contributed by atoms with E-state index in [9.17, 15) is 0 Å². The lowest BCUT2D eigenvalue weighted by Crippen LogP contribution is -2.46. The van der Waals surface area contributed by atoms with Crippen molar-refractivity contribution in [2.24, 2.45) is 0 Å². The summed E-state index contributed by atoms with van der Waals surface area (Å²) < 4.78 is 0. The van der Waals surface area contributed by atoms with Gasteiger partial charge in [0, 0.05) is 24.7 Å². The largest absolute Gasteiger partial charge is 0.395 e. The Labute approximate surface area is 100 Å². The summed E-state index contributed by atoms with van der Waals surface area (Å²) in [5.41, 5.74) is 0. The van der Waals surface area contributed by atoms with Crippen LogP contribution in [0.25, 0.3) is 0 Å². The van der Waals surface area contributed by atoms with E-state index in [1.54, 1.807) is 0 Å². The molecule has 1 saturated carbocycles. The summed E-state index contributed by atoms with van der Waals surface area (Å²) in [6.07, 6.45) is 5.12. The van der Waals surface area contributed by atoms with E-state index in [4.69, 9.17) is 5.11 Å². The lowest BCUT2D eigenvalue weighted by Gasteiger charge is -2.39. The molecule has 0 radical (unpaired) electrons. The van der Waals surface area contributed by atoms with Crippen LogP contribution in [0.5, 0.6) is 0 Å². The monoisotopic (exact) mass is 228 g/mol. The summed E-state index contributed by atoms with van der Waals surface area (Å²) in [4.78, 5) is 2.46. The van der Waals surface area contributed by atoms with Gasteiger partial charge in [-0.2, -0.15) is 0 Å². The second-order valence-corrected chi connectivity index (χ2v) is 5.12. The molecule has 0 heterocycles. The number of nitrogens with one attached hydrogen (secondary N) is 1. The fourth-order valence-corrected chi connectivity index (χ4v) is 2.88. The lowest BCUT2D eigenvalue weighted by atomic mass is 9.89. The van der Waals surface area contributed by atoms with E-state index >= 15 is 0 Å². The predicted octanol–water partition coefficient (Wildman–Crippen LogP) is 1.61. The standard InChI is InChI=1S/C13H28N2O/c1-4-14-12-5-7-13(8-6-12)15(9-10-16)11(2)3/h11-14,16H,4-10H2,1-3H3. The van der Waals surface area contributed by atoms with Gasteiger partial charge in [0.25, 0.3) is 0 Å². The highest BCUT2D eigenvalue weighted by atomic mass is 16.3. The Bertz CT molecular complexity index is 177. The Hall–Kier alpha value is -0.120. The van der Waals surface area contributed by atoms with Crippen LogP contribution in [0.1, 0.15) is 46.5 Å². The molecule has 0 aromatic heterocycles. The molecule has 3 nitrogen and oxygen atoms in total. The predicted molar refractivity (Wildman–Crippen MR) is 68.6 cm³/mol. The third-order valence-electron chi connectivity index (χ3n) is 3.68. The highest BCUT2D eigenvalue weighted by molar-refractivity contribution is 4.83. The van der Waals surface area contributed by atoms with E-state index in [1.165, 1.54) is 25.7 Å². The van der Waals surface area contributed by atoms with Gasteiger partial charge in [-0.15, -0.1) is 0 Å². The molecule has 0 saturated heterocycles. The zero-order valence-electron chi connectivity index (χ0n) is 11.1. The first kappa shape index (κ1) is 13.9. The zero-order chi connectivity index (χ0) is 12.0. The highest BCUT2D eigenvalue weighted by Crippen LogP contribution is 2.24. The van der Waals surface area contributed by atoms with Crippen LogP contribution < -0.4 is 5.32 Å². The Balaban J connectivity index is 2.38. The molecule has 1 fully saturated rings. The summed E-state index contributed by atoms with van der Waals surface area (Å²) in [5, 5.41) is 12.6. The smallest absolute Gasteiger partial charge is 0.0558 e. The Morgan fingerprint density at radius 2 is 1.88 bits per heavy atom. The van der Waals surface area contributed by atoms with Crippen LogP contribution in [-0.2, 0) is 0 Å². The van der Waals surface area contributed by atoms with Crippen molar-refractivity contribution in [3.8, 4) is 0 Å². The minimum absolute atomic E-state index is 0.283. The van der Waals surface area contributed by atoms with Crippen LogP contribution >= 0.6 is 0 Å². The average molecular weight is 228 g/mol. The van der Waals surface area contributed by atoms with Crippen molar-refractivity contribution >= 4 is 0 Å². The third kappa shape index (κ3) is 4.04. The fraction of sp³-hybridized carbons (Fsp3) is 1.00. The van der Waals surface area contributed by atoms with Crippen molar-refractivity contribution in [3.63, 3.8) is 0 Å². The number of aliphatic hydroxyl groups excluding tert-OH is 1. The van der Waals surface area contributed by atoms with E-state index in [0.29, 0.717) is 12.1 Å². The molecule has 0 amide bonds. The van der Waals surface area contributed by atoms with Gasteiger partial charge in [0.1, 0.15) is 0 Å². The summed E-state index contributed by atoms with van der Waals surface area (Å²) in [6.45, 7) is 8.83. The SMILES string of the molecule is CCNC1CCC(N(CCO)C(C)C)CC1. The normalized spacial score (nSPS) is 26.6. The molecule has 16 heavy (non-hydrogen) atoms. The van der Waals surface area contributed by atoms with Crippen LogP contribution in [0, 0.1) is 0 Å². The molecule has 0 bridgehead atoms. The Kier molecular flexibility index (Phi) is 6.32. The molecule has 1 aliphatic carbocycles. The van der Waals surface area contributed by atoms with Crippen LogP contribution in [0.2, 0.25) is 0 Å². The van der Waals surface area contributed by atoms with Crippen LogP contribution in [0.15, 0.2) is 0 Å². The average Bonchev–Trinajstić information content (AvgIpc) is 2.27. The summed E-state index contributed by atoms with van der Waals surface area (Å²) in [7, 11) is 0. The van der Waals surface area contributed by atoms with E-state index in [2.05, 4.69) is 31.0 Å². The van der Waals surface area contributed by atoms with Crippen LogP contribution in [0.3, 0.4) is 0 Å². The molecular formula is C13H28N2O. The van der Waals surface area contributed by atoms with Gasteiger partial charge in [0.2, 0.25) is 0 Å². The van der Waals surface area contributed by atoms with Crippen molar-refractivity contribution in [3.05, 3.63) is 0 Å². The minimum Gasteiger partial charge on any atom is -0.395 e. The van der Waals surface area contributed by atoms with E-state index < -0.39 is 0 Å².